The Morgan fingerprint density at radius 3 is 2.89 bits per heavy atom. The van der Waals surface area contributed by atoms with E-state index in [1.165, 1.54) is 30.0 Å². The number of aromatic nitrogens is 1. The minimum Gasteiger partial charge on any atom is -0.504 e. The lowest BCUT2D eigenvalue weighted by atomic mass is 9.74. The molecular formula is C22H28N2O4. The van der Waals surface area contributed by atoms with Gasteiger partial charge >= 0.3 is 5.97 Å². The third-order valence-corrected chi connectivity index (χ3v) is 6.50. The lowest BCUT2D eigenvalue weighted by Crippen LogP contribution is -2.46. The van der Waals surface area contributed by atoms with Gasteiger partial charge in [0, 0.05) is 29.7 Å². The molecule has 28 heavy (non-hydrogen) atoms. The van der Waals surface area contributed by atoms with Gasteiger partial charge in [0.15, 0.2) is 0 Å². The Kier molecular flexibility index (Phi) is 5.06. The predicted molar refractivity (Wildman–Crippen MR) is 107 cm³/mol. The van der Waals surface area contributed by atoms with Crippen LogP contribution in [-0.2, 0) is 16.0 Å². The molecule has 0 saturated carbocycles. The highest BCUT2D eigenvalue weighted by Gasteiger charge is 2.42. The van der Waals surface area contributed by atoms with E-state index in [1.54, 1.807) is 7.11 Å². The first kappa shape index (κ1) is 18.9. The Hall–Kier alpha value is -2.47. The van der Waals surface area contributed by atoms with Gasteiger partial charge in [-0.1, -0.05) is 19.4 Å². The molecule has 1 aromatic heterocycles. The fraction of sp³-hybridized carbons (Fsp3) is 0.500. The molecular weight excluding hydrogens is 356 g/mol. The number of methoxy groups -OCH3 is 2. The largest absolute Gasteiger partial charge is 0.504 e. The number of benzene rings is 1. The van der Waals surface area contributed by atoms with Crippen molar-refractivity contribution < 1.29 is 19.4 Å². The van der Waals surface area contributed by atoms with Crippen LogP contribution in [0.5, 0.6) is 5.75 Å². The van der Waals surface area contributed by atoms with Gasteiger partial charge in [0.05, 0.1) is 32.1 Å². The summed E-state index contributed by atoms with van der Waals surface area (Å²) in [6.07, 6.45) is 4.13. The standard InChI is InChI=1S/C22H28N2O4/c1-4-13-11-24-9-8-14-20-17(6-5-7-19(20)28-3)23-21(14)18(24)10-15(13)16(12-27-2)22(25)26/h5-7,12-13,15,18,23H,4,8-11H2,1-3H3,(H,25,26)/b16-12+/t13-,15+,18-/m1/s1. The van der Waals surface area contributed by atoms with Gasteiger partial charge in [-0.2, -0.15) is 0 Å². The van der Waals surface area contributed by atoms with Crippen LogP contribution in [0, 0.1) is 11.8 Å². The second-order valence-electron chi connectivity index (χ2n) is 7.79. The second-order valence-corrected chi connectivity index (χ2v) is 7.79. The molecule has 0 aliphatic carbocycles. The lowest BCUT2D eigenvalue weighted by Gasteiger charge is -2.46. The van der Waals surface area contributed by atoms with Crippen LogP contribution in [0.15, 0.2) is 30.0 Å². The number of carboxylic acids is 1. The molecule has 6 nitrogen and oxygen atoms in total. The minimum atomic E-state index is -0.881. The van der Waals surface area contributed by atoms with Crippen molar-refractivity contribution in [2.24, 2.45) is 11.8 Å². The third kappa shape index (κ3) is 2.96. The molecule has 4 rings (SSSR count). The number of nitrogens with zero attached hydrogens (tertiary/aromatic N) is 1. The molecule has 3 heterocycles. The predicted octanol–water partition coefficient (Wildman–Crippen LogP) is 3.74. The highest BCUT2D eigenvalue weighted by molar-refractivity contribution is 5.91. The molecule has 1 fully saturated rings. The normalized spacial score (nSPS) is 25.2. The van der Waals surface area contributed by atoms with E-state index < -0.39 is 5.97 Å². The van der Waals surface area contributed by atoms with E-state index in [0.29, 0.717) is 11.5 Å². The average Bonchev–Trinajstić information content (AvgIpc) is 3.10. The molecule has 0 amide bonds. The number of aliphatic carboxylic acids is 1. The van der Waals surface area contributed by atoms with Crippen molar-refractivity contribution in [2.45, 2.75) is 32.2 Å². The first-order valence-corrected chi connectivity index (χ1v) is 9.96. The van der Waals surface area contributed by atoms with Crippen LogP contribution in [0.1, 0.15) is 37.1 Å². The average molecular weight is 384 g/mol. The highest BCUT2D eigenvalue weighted by Crippen LogP contribution is 2.46. The summed E-state index contributed by atoms with van der Waals surface area (Å²) in [4.78, 5) is 18.0. The molecule has 0 bridgehead atoms. The fourth-order valence-electron chi connectivity index (χ4n) is 5.17. The van der Waals surface area contributed by atoms with Gasteiger partial charge < -0.3 is 19.6 Å². The number of hydrogen-bond donors (Lipinski definition) is 2. The van der Waals surface area contributed by atoms with E-state index in [0.717, 1.165) is 43.6 Å². The number of fused-ring (bicyclic) bond motifs is 5. The summed E-state index contributed by atoms with van der Waals surface area (Å²) in [5.74, 6) is 0.304. The number of rotatable bonds is 5. The fourth-order valence-corrected chi connectivity index (χ4v) is 5.17. The zero-order valence-corrected chi connectivity index (χ0v) is 16.7. The Bertz CT molecular complexity index is 917. The summed E-state index contributed by atoms with van der Waals surface area (Å²) in [7, 11) is 3.22. The maximum atomic E-state index is 11.9. The number of ether oxygens (including phenoxy) is 2. The van der Waals surface area contributed by atoms with E-state index in [1.807, 2.05) is 12.1 Å². The van der Waals surface area contributed by atoms with Crippen molar-refractivity contribution in [2.75, 3.05) is 27.3 Å². The quantitative estimate of drug-likeness (QED) is 0.607. The second kappa shape index (κ2) is 7.51. The smallest absolute Gasteiger partial charge is 0.334 e. The van der Waals surface area contributed by atoms with E-state index >= 15 is 0 Å². The number of H-pyrrole nitrogens is 1. The molecule has 1 aromatic carbocycles. The van der Waals surface area contributed by atoms with Crippen molar-refractivity contribution in [1.29, 1.82) is 0 Å². The molecule has 2 aliphatic rings. The van der Waals surface area contributed by atoms with Crippen LogP contribution >= 0.6 is 0 Å². The summed E-state index contributed by atoms with van der Waals surface area (Å²) in [5, 5.41) is 10.9. The maximum absolute atomic E-state index is 11.9. The number of carbonyl (C=O) groups is 1. The van der Waals surface area contributed by atoms with Crippen molar-refractivity contribution in [3.05, 3.63) is 41.3 Å². The number of aromatic amines is 1. The summed E-state index contributed by atoms with van der Waals surface area (Å²) in [6.45, 7) is 4.04. The van der Waals surface area contributed by atoms with Crippen LogP contribution in [0.4, 0.5) is 0 Å². The molecule has 3 atom stereocenters. The molecule has 0 radical (unpaired) electrons. The van der Waals surface area contributed by atoms with Gasteiger partial charge in [-0.3, -0.25) is 4.90 Å². The molecule has 2 aromatic rings. The zero-order valence-electron chi connectivity index (χ0n) is 16.7. The molecule has 6 heteroatoms. The van der Waals surface area contributed by atoms with Gasteiger partial charge in [0.25, 0.3) is 0 Å². The molecule has 1 saturated heterocycles. The topological polar surface area (TPSA) is 74.8 Å². The Balaban J connectivity index is 1.77. The van der Waals surface area contributed by atoms with Gasteiger partial charge in [-0.15, -0.1) is 0 Å². The van der Waals surface area contributed by atoms with E-state index in [2.05, 4.69) is 22.9 Å². The summed E-state index contributed by atoms with van der Waals surface area (Å²) < 4.78 is 10.7. The van der Waals surface area contributed by atoms with Gasteiger partial charge in [-0.25, -0.2) is 4.79 Å². The number of hydrogen-bond acceptors (Lipinski definition) is 4. The Morgan fingerprint density at radius 1 is 1.39 bits per heavy atom. The van der Waals surface area contributed by atoms with Gasteiger partial charge in [0.2, 0.25) is 0 Å². The van der Waals surface area contributed by atoms with Crippen molar-refractivity contribution >= 4 is 16.9 Å². The van der Waals surface area contributed by atoms with Crippen LogP contribution in [0.2, 0.25) is 0 Å². The van der Waals surface area contributed by atoms with Crippen LogP contribution < -0.4 is 4.74 Å². The summed E-state index contributed by atoms with van der Waals surface area (Å²) >= 11 is 0. The molecule has 2 N–H and O–H groups in total. The lowest BCUT2D eigenvalue weighted by molar-refractivity contribution is -0.134. The van der Waals surface area contributed by atoms with E-state index in [4.69, 9.17) is 9.47 Å². The summed E-state index contributed by atoms with van der Waals surface area (Å²) in [6, 6.07) is 6.28. The molecule has 2 aliphatic heterocycles. The first-order chi connectivity index (χ1) is 13.6. The number of nitrogens with one attached hydrogen (secondary N) is 1. The maximum Gasteiger partial charge on any atom is 0.334 e. The molecule has 150 valence electrons. The van der Waals surface area contributed by atoms with Gasteiger partial charge in [0.1, 0.15) is 5.75 Å². The first-order valence-electron chi connectivity index (χ1n) is 9.96. The van der Waals surface area contributed by atoms with E-state index in [-0.39, 0.29) is 12.0 Å². The Labute approximate surface area is 165 Å². The minimum absolute atomic E-state index is 0.0250. The third-order valence-electron chi connectivity index (χ3n) is 6.50. The molecule has 0 spiro atoms. The van der Waals surface area contributed by atoms with Gasteiger partial charge in [-0.05, 0) is 42.4 Å². The van der Waals surface area contributed by atoms with Crippen molar-refractivity contribution in [3.63, 3.8) is 0 Å². The number of piperidine rings is 1. The SMILES string of the molecule is CC[C@@H]1CN2CCc3c([nH]c4cccc(OC)c34)[C@H]2C[C@@H]1/C(=C\OC)C(=O)O. The highest BCUT2D eigenvalue weighted by atomic mass is 16.5. The monoisotopic (exact) mass is 384 g/mol. The Morgan fingerprint density at radius 2 is 2.21 bits per heavy atom. The summed E-state index contributed by atoms with van der Waals surface area (Å²) in [5.41, 5.74) is 4.00. The van der Waals surface area contributed by atoms with Crippen molar-refractivity contribution in [1.82, 2.24) is 9.88 Å². The van der Waals surface area contributed by atoms with Crippen LogP contribution in [-0.4, -0.2) is 48.3 Å². The number of carboxylic acid groups (broad SMARTS) is 1. The van der Waals surface area contributed by atoms with Crippen molar-refractivity contribution in [3.8, 4) is 5.75 Å². The van der Waals surface area contributed by atoms with Crippen LogP contribution in [0.25, 0.3) is 10.9 Å². The zero-order chi connectivity index (χ0) is 19.8. The van der Waals surface area contributed by atoms with Crippen LogP contribution in [0.3, 0.4) is 0 Å². The molecule has 0 unspecified atom stereocenters. The van der Waals surface area contributed by atoms with E-state index in [9.17, 15) is 9.90 Å².